The molecule has 148 valence electrons. The van der Waals surface area contributed by atoms with Gasteiger partial charge in [0.1, 0.15) is 11.3 Å². The van der Waals surface area contributed by atoms with E-state index in [1.165, 1.54) is 0 Å². The minimum Gasteiger partial charge on any atom is -0.497 e. The molecule has 2 heterocycles. The van der Waals surface area contributed by atoms with Crippen molar-refractivity contribution < 1.29 is 17.6 Å². The number of sulfonamides is 1. The lowest BCUT2D eigenvalue weighted by atomic mass is 9.97. The van der Waals surface area contributed by atoms with Gasteiger partial charge in [-0.2, -0.15) is 4.98 Å². The van der Waals surface area contributed by atoms with Crippen molar-refractivity contribution in [1.29, 1.82) is 0 Å². The number of methoxy groups -OCH3 is 1. The van der Waals surface area contributed by atoms with Crippen molar-refractivity contribution in [1.82, 2.24) is 9.71 Å². The van der Waals surface area contributed by atoms with Crippen molar-refractivity contribution in [2.75, 3.05) is 31.6 Å². The average molecular weight is 401 g/mol. The van der Waals surface area contributed by atoms with Crippen LogP contribution in [0.15, 0.2) is 57.8 Å². The molecule has 1 N–H and O–H groups in total. The molecule has 8 heteroatoms. The summed E-state index contributed by atoms with van der Waals surface area (Å²) in [6.45, 7) is 2.01. The highest BCUT2D eigenvalue weighted by Crippen LogP contribution is 2.26. The summed E-state index contributed by atoms with van der Waals surface area (Å²) in [4.78, 5) is 6.90. The second-order valence-electron chi connectivity index (χ2n) is 6.92. The van der Waals surface area contributed by atoms with E-state index in [0.29, 0.717) is 18.3 Å². The van der Waals surface area contributed by atoms with Crippen molar-refractivity contribution in [2.24, 2.45) is 5.92 Å². The Labute approximate surface area is 164 Å². The summed E-state index contributed by atoms with van der Waals surface area (Å²) < 4.78 is 38.6. The number of nitrogens with one attached hydrogen (secondary N) is 1. The highest BCUT2D eigenvalue weighted by Gasteiger charge is 2.24. The zero-order chi connectivity index (χ0) is 19.6. The predicted molar refractivity (Wildman–Crippen MR) is 107 cm³/mol. The van der Waals surface area contributed by atoms with Gasteiger partial charge in [0.25, 0.3) is 6.01 Å². The first-order valence-electron chi connectivity index (χ1n) is 9.29. The summed E-state index contributed by atoms with van der Waals surface area (Å²) in [5.74, 6) is 0.916. The quantitative estimate of drug-likeness (QED) is 0.683. The Hall–Kier alpha value is -2.58. The zero-order valence-electron chi connectivity index (χ0n) is 15.7. The molecule has 7 nitrogen and oxygen atoms in total. The third-order valence-electron chi connectivity index (χ3n) is 5.10. The fourth-order valence-electron chi connectivity index (χ4n) is 3.39. The number of ether oxygens (including phenoxy) is 1. The van der Waals surface area contributed by atoms with Gasteiger partial charge in [-0.1, -0.05) is 12.1 Å². The van der Waals surface area contributed by atoms with Crippen molar-refractivity contribution in [3.8, 4) is 5.75 Å². The Morgan fingerprint density at radius 3 is 2.54 bits per heavy atom. The molecule has 4 rings (SSSR count). The van der Waals surface area contributed by atoms with E-state index in [1.807, 2.05) is 24.3 Å². The minimum absolute atomic E-state index is 0.247. The maximum absolute atomic E-state index is 12.5. The number of oxazole rings is 1. The number of para-hydroxylation sites is 2. The molecule has 0 amide bonds. The average Bonchev–Trinajstić information content (AvgIpc) is 3.17. The van der Waals surface area contributed by atoms with Crippen LogP contribution in [0.25, 0.3) is 11.1 Å². The van der Waals surface area contributed by atoms with Crippen molar-refractivity contribution in [3.63, 3.8) is 0 Å². The first kappa shape index (κ1) is 18.8. The molecular formula is C20H23N3O4S. The summed E-state index contributed by atoms with van der Waals surface area (Å²) in [5.41, 5.74) is 1.64. The molecule has 1 aliphatic rings. The number of hydrogen-bond acceptors (Lipinski definition) is 6. The third kappa shape index (κ3) is 3.98. The molecule has 1 aromatic heterocycles. The highest BCUT2D eigenvalue weighted by atomic mass is 32.2. The maximum Gasteiger partial charge on any atom is 0.298 e. The molecule has 0 bridgehead atoms. The summed E-state index contributed by atoms with van der Waals surface area (Å²) in [5, 5.41) is 0. The van der Waals surface area contributed by atoms with Gasteiger partial charge in [0.2, 0.25) is 10.0 Å². The van der Waals surface area contributed by atoms with E-state index in [9.17, 15) is 8.42 Å². The van der Waals surface area contributed by atoms with E-state index >= 15 is 0 Å². The summed E-state index contributed by atoms with van der Waals surface area (Å²) >= 11 is 0. The van der Waals surface area contributed by atoms with Crippen LogP contribution in [-0.4, -0.2) is 40.1 Å². The molecule has 0 spiro atoms. The van der Waals surface area contributed by atoms with E-state index in [4.69, 9.17) is 9.15 Å². The van der Waals surface area contributed by atoms with Gasteiger partial charge < -0.3 is 14.1 Å². The van der Waals surface area contributed by atoms with Crippen LogP contribution in [0, 0.1) is 5.92 Å². The molecule has 0 saturated carbocycles. The molecule has 3 aromatic rings. The van der Waals surface area contributed by atoms with Gasteiger partial charge in [0.05, 0.1) is 12.0 Å². The number of hydrogen-bond donors (Lipinski definition) is 1. The topological polar surface area (TPSA) is 84.7 Å². The fourth-order valence-corrected chi connectivity index (χ4v) is 4.51. The van der Waals surface area contributed by atoms with Crippen LogP contribution >= 0.6 is 0 Å². The first-order chi connectivity index (χ1) is 13.5. The van der Waals surface area contributed by atoms with E-state index in [1.54, 1.807) is 31.4 Å². The standard InChI is InChI=1S/C20H23N3O4S/c1-26-16-6-8-17(9-7-16)28(24,25)21-14-15-10-12-23(13-11-15)20-22-18-4-2-3-5-19(18)27-20/h2-9,15,21H,10-14H2,1H3. The number of benzene rings is 2. The number of rotatable bonds is 6. The van der Waals surface area contributed by atoms with Gasteiger partial charge in [0.15, 0.2) is 5.58 Å². The number of aromatic nitrogens is 1. The van der Waals surface area contributed by atoms with Crippen LogP contribution in [0.2, 0.25) is 0 Å². The molecule has 0 radical (unpaired) electrons. The van der Waals surface area contributed by atoms with Gasteiger partial charge >= 0.3 is 0 Å². The van der Waals surface area contributed by atoms with E-state index < -0.39 is 10.0 Å². The number of fused-ring (bicyclic) bond motifs is 1. The predicted octanol–water partition coefficient (Wildman–Crippen LogP) is 3.03. The number of anilines is 1. The Bertz CT molecular complexity index is 1010. The summed E-state index contributed by atoms with van der Waals surface area (Å²) in [7, 11) is -1.97. The Morgan fingerprint density at radius 1 is 1.14 bits per heavy atom. The minimum atomic E-state index is -3.52. The molecule has 0 aliphatic carbocycles. The molecule has 1 aliphatic heterocycles. The Balaban J connectivity index is 1.32. The van der Waals surface area contributed by atoms with E-state index in [2.05, 4.69) is 14.6 Å². The number of nitrogens with zero attached hydrogens (tertiary/aromatic N) is 2. The van der Waals surface area contributed by atoms with Crippen LogP contribution < -0.4 is 14.4 Å². The van der Waals surface area contributed by atoms with Gasteiger partial charge in [-0.3, -0.25) is 0 Å². The molecule has 0 unspecified atom stereocenters. The summed E-state index contributed by atoms with van der Waals surface area (Å²) in [6.07, 6.45) is 1.76. The first-order valence-corrected chi connectivity index (χ1v) is 10.8. The maximum atomic E-state index is 12.5. The van der Waals surface area contributed by atoms with E-state index in [-0.39, 0.29) is 10.8 Å². The van der Waals surface area contributed by atoms with Crippen LogP contribution in [0.5, 0.6) is 5.75 Å². The molecule has 1 fully saturated rings. The van der Waals surface area contributed by atoms with Crippen LogP contribution in [0.4, 0.5) is 6.01 Å². The molecule has 0 atom stereocenters. The molecule has 28 heavy (non-hydrogen) atoms. The largest absolute Gasteiger partial charge is 0.497 e. The van der Waals surface area contributed by atoms with Crippen molar-refractivity contribution in [3.05, 3.63) is 48.5 Å². The highest BCUT2D eigenvalue weighted by molar-refractivity contribution is 7.89. The monoisotopic (exact) mass is 401 g/mol. The van der Waals surface area contributed by atoms with Gasteiger partial charge in [0, 0.05) is 19.6 Å². The number of piperidine rings is 1. The SMILES string of the molecule is COc1ccc(S(=O)(=O)NCC2CCN(c3nc4ccccc4o3)CC2)cc1. The van der Waals surface area contributed by atoms with Crippen molar-refractivity contribution >= 4 is 27.1 Å². The molecular weight excluding hydrogens is 378 g/mol. The van der Waals surface area contributed by atoms with Crippen LogP contribution in [0.3, 0.4) is 0 Å². The molecule has 1 saturated heterocycles. The fraction of sp³-hybridized carbons (Fsp3) is 0.350. The third-order valence-corrected chi connectivity index (χ3v) is 6.54. The Morgan fingerprint density at radius 2 is 1.86 bits per heavy atom. The zero-order valence-corrected chi connectivity index (χ0v) is 16.5. The van der Waals surface area contributed by atoms with Gasteiger partial charge in [-0.25, -0.2) is 13.1 Å². The normalized spacial score (nSPS) is 15.8. The van der Waals surface area contributed by atoms with Gasteiger partial charge in [-0.15, -0.1) is 0 Å². The molecule has 2 aromatic carbocycles. The lowest BCUT2D eigenvalue weighted by Gasteiger charge is -2.30. The Kier molecular flexibility index (Phi) is 5.23. The second-order valence-corrected chi connectivity index (χ2v) is 8.69. The van der Waals surface area contributed by atoms with E-state index in [0.717, 1.165) is 37.0 Å². The van der Waals surface area contributed by atoms with Crippen LogP contribution in [-0.2, 0) is 10.0 Å². The summed E-state index contributed by atoms with van der Waals surface area (Å²) in [6, 6.07) is 14.7. The lowest BCUT2D eigenvalue weighted by molar-refractivity contribution is 0.387. The smallest absolute Gasteiger partial charge is 0.298 e. The van der Waals surface area contributed by atoms with Crippen molar-refractivity contribution in [2.45, 2.75) is 17.7 Å². The second kappa shape index (κ2) is 7.81. The van der Waals surface area contributed by atoms with Gasteiger partial charge in [-0.05, 0) is 55.2 Å². The lowest BCUT2D eigenvalue weighted by Crippen LogP contribution is -2.38. The van der Waals surface area contributed by atoms with Crippen LogP contribution in [0.1, 0.15) is 12.8 Å².